The molecule has 3 rings (SSSR count). The maximum atomic E-state index is 13.0. The molecule has 4 nitrogen and oxygen atoms in total. The number of ether oxygens (including phenoxy) is 2. The first-order valence-electron chi connectivity index (χ1n) is 11.9. The first kappa shape index (κ1) is 24.5. The van der Waals surface area contributed by atoms with E-state index < -0.39 is 10.8 Å². The highest BCUT2D eigenvalue weighted by Gasteiger charge is 2.59. The number of allylic oxidation sites excluding steroid dienone is 1. The van der Waals surface area contributed by atoms with Gasteiger partial charge in [0.1, 0.15) is 12.2 Å². The Labute approximate surface area is 193 Å². The number of hydrogen-bond donors (Lipinski definition) is 0. The smallest absolute Gasteiger partial charge is 0.311 e. The van der Waals surface area contributed by atoms with Crippen molar-refractivity contribution in [2.45, 2.75) is 85.9 Å². The zero-order chi connectivity index (χ0) is 23.9. The number of esters is 2. The third-order valence-electron chi connectivity index (χ3n) is 7.43. The Balaban J connectivity index is 2.00. The predicted octanol–water partition coefficient (Wildman–Crippen LogP) is 6.31. The van der Waals surface area contributed by atoms with Gasteiger partial charge in [-0.1, -0.05) is 43.3 Å². The van der Waals surface area contributed by atoms with Crippen molar-refractivity contribution in [3.05, 3.63) is 48.6 Å². The fourth-order valence-corrected chi connectivity index (χ4v) is 5.55. The van der Waals surface area contributed by atoms with Crippen molar-refractivity contribution in [2.75, 3.05) is 0 Å². The van der Waals surface area contributed by atoms with Crippen molar-refractivity contribution in [3.8, 4) is 0 Å². The zero-order valence-corrected chi connectivity index (χ0v) is 20.8. The number of rotatable bonds is 4. The Kier molecular flexibility index (Phi) is 6.66. The van der Waals surface area contributed by atoms with Gasteiger partial charge in [-0.3, -0.25) is 9.59 Å². The number of benzene rings is 1. The van der Waals surface area contributed by atoms with Crippen molar-refractivity contribution in [3.63, 3.8) is 0 Å². The standard InChI is InChI=1S/C28H40O4/c1-9-19-20-15-16-22(32-25(30)27(5,6)7)28(20,8)17-21(31-24(29)26(2,3)4)23(19)18-13-11-10-12-14-18/h9-14,19-23H,1,15-17H2,2-8H3/t19-,20-,21+,22-,23+,28-/m0/s1. The minimum Gasteiger partial charge on any atom is -0.461 e. The Hall–Kier alpha value is -2.10. The topological polar surface area (TPSA) is 52.6 Å². The van der Waals surface area contributed by atoms with Crippen LogP contribution in [0.2, 0.25) is 0 Å². The molecule has 2 aliphatic rings. The van der Waals surface area contributed by atoms with Gasteiger partial charge in [-0.15, -0.1) is 6.58 Å². The van der Waals surface area contributed by atoms with E-state index >= 15 is 0 Å². The van der Waals surface area contributed by atoms with Crippen LogP contribution < -0.4 is 0 Å². The van der Waals surface area contributed by atoms with Crippen molar-refractivity contribution in [2.24, 2.45) is 28.1 Å². The molecule has 0 unspecified atom stereocenters. The second kappa shape index (κ2) is 8.68. The van der Waals surface area contributed by atoms with Gasteiger partial charge >= 0.3 is 11.9 Å². The van der Waals surface area contributed by atoms with E-state index in [2.05, 4.69) is 25.6 Å². The van der Waals surface area contributed by atoms with Gasteiger partial charge in [0.2, 0.25) is 0 Å². The molecule has 2 fully saturated rings. The van der Waals surface area contributed by atoms with Crippen molar-refractivity contribution in [1.82, 2.24) is 0 Å². The summed E-state index contributed by atoms with van der Waals surface area (Å²) in [5.74, 6) is 0.109. The molecule has 1 aromatic rings. The van der Waals surface area contributed by atoms with Crippen LogP contribution in [0, 0.1) is 28.1 Å². The summed E-state index contributed by atoms with van der Waals surface area (Å²) in [6.45, 7) is 17.7. The normalized spacial score (nSPS) is 32.7. The predicted molar refractivity (Wildman–Crippen MR) is 127 cm³/mol. The fourth-order valence-electron chi connectivity index (χ4n) is 5.55. The minimum atomic E-state index is -0.587. The highest BCUT2D eigenvalue weighted by Crippen LogP contribution is 2.60. The van der Waals surface area contributed by atoms with Crippen LogP contribution in [-0.2, 0) is 19.1 Å². The third-order valence-corrected chi connectivity index (χ3v) is 7.43. The Bertz CT molecular complexity index is 844. The summed E-state index contributed by atoms with van der Waals surface area (Å²) in [5.41, 5.74) is -0.239. The molecule has 0 amide bonds. The lowest BCUT2D eigenvalue weighted by Gasteiger charge is -2.51. The average molecular weight is 441 g/mol. The molecule has 0 bridgehead atoms. The van der Waals surface area contributed by atoms with Gasteiger partial charge in [0.05, 0.1) is 10.8 Å². The quantitative estimate of drug-likeness (QED) is 0.407. The van der Waals surface area contributed by atoms with Gasteiger partial charge in [-0.25, -0.2) is 0 Å². The van der Waals surface area contributed by atoms with Crippen LogP contribution in [0.25, 0.3) is 0 Å². The van der Waals surface area contributed by atoms with Gasteiger partial charge in [0, 0.05) is 11.3 Å². The van der Waals surface area contributed by atoms with Crippen LogP contribution in [-0.4, -0.2) is 24.1 Å². The molecule has 1 aromatic carbocycles. The summed E-state index contributed by atoms with van der Waals surface area (Å²) in [4.78, 5) is 25.7. The molecule has 0 saturated heterocycles. The lowest BCUT2D eigenvalue weighted by atomic mass is 9.57. The lowest BCUT2D eigenvalue weighted by molar-refractivity contribution is -0.178. The summed E-state index contributed by atoms with van der Waals surface area (Å²) in [7, 11) is 0. The second-order valence-corrected chi connectivity index (χ2v) is 12.0. The third kappa shape index (κ3) is 4.65. The van der Waals surface area contributed by atoms with E-state index in [0.717, 1.165) is 12.8 Å². The second-order valence-electron chi connectivity index (χ2n) is 12.0. The van der Waals surface area contributed by atoms with Gasteiger partial charge in [0.25, 0.3) is 0 Å². The summed E-state index contributed by atoms with van der Waals surface area (Å²) in [6.07, 6.45) is 4.02. The van der Waals surface area contributed by atoms with E-state index in [0.29, 0.717) is 12.3 Å². The maximum Gasteiger partial charge on any atom is 0.311 e. The summed E-state index contributed by atoms with van der Waals surface area (Å²) >= 11 is 0. The van der Waals surface area contributed by atoms with Crippen molar-refractivity contribution < 1.29 is 19.1 Å². The van der Waals surface area contributed by atoms with Crippen molar-refractivity contribution >= 4 is 11.9 Å². The van der Waals surface area contributed by atoms with E-state index in [9.17, 15) is 9.59 Å². The summed E-state index contributed by atoms with van der Waals surface area (Å²) in [5, 5.41) is 0. The first-order valence-corrected chi connectivity index (χ1v) is 11.9. The molecular formula is C28H40O4. The number of fused-ring (bicyclic) bond motifs is 1. The number of carbonyl (C=O) groups excluding carboxylic acids is 2. The first-order chi connectivity index (χ1) is 14.8. The summed E-state index contributed by atoms with van der Waals surface area (Å²) in [6, 6.07) is 10.3. The number of hydrogen-bond acceptors (Lipinski definition) is 4. The molecule has 0 heterocycles. The lowest BCUT2D eigenvalue weighted by Crippen LogP contribution is -2.51. The van der Waals surface area contributed by atoms with Gasteiger partial charge in [-0.05, 0) is 78.2 Å². The molecule has 2 saturated carbocycles. The maximum absolute atomic E-state index is 13.0. The monoisotopic (exact) mass is 440 g/mol. The van der Waals surface area contributed by atoms with E-state index in [4.69, 9.17) is 9.47 Å². The highest BCUT2D eigenvalue weighted by atomic mass is 16.6. The Morgan fingerprint density at radius 1 is 0.969 bits per heavy atom. The van der Waals surface area contributed by atoms with Crippen molar-refractivity contribution in [1.29, 1.82) is 0 Å². The minimum absolute atomic E-state index is 0.0372. The van der Waals surface area contributed by atoms with Crippen LogP contribution in [0.5, 0.6) is 0 Å². The van der Waals surface area contributed by atoms with E-state index in [1.54, 1.807) is 0 Å². The fraction of sp³-hybridized carbons (Fsp3) is 0.643. The average Bonchev–Trinajstić information content (AvgIpc) is 3.01. The molecule has 0 aliphatic heterocycles. The molecule has 4 heteroatoms. The highest BCUT2D eigenvalue weighted by molar-refractivity contribution is 5.76. The van der Waals surface area contributed by atoms with Crippen LogP contribution >= 0.6 is 0 Å². The molecule has 32 heavy (non-hydrogen) atoms. The molecule has 0 radical (unpaired) electrons. The molecule has 2 aliphatic carbocycles. The van der Waals surface area contributed by atoms with E-state index in [1.807, 2.05) is 65.8 Å². The SMILES string of the molecule is C=C[C@@H]1[C@@H](c2ccccc2)[C@H](OC(=O)C(C)(C)C)C[C@]2(C)[C@@H](OC(=O)C(C)(C)C)CC[C@@H]12. The van der Waals surface area contributed by atoms with Crippen LogP contribution in [0.4, 0.5) is 0 Å². The largest absolute Gasteiger partial charge is 0.461 e. The number of carbonyl (C=O) groups is 2. The van der Waals surface area contributed by atoms with Crippen LogP contribution in [0.15, 0.2) is 43.0 Å². The van der Waals surface area contributed by atoms with E-state index in [-0.39, 0.29) is 41.4 Å². The summed E-state index contributed by atoms with van der Waals surface area (Å²) < 4.78 is 12.3. The molecule has 6 atom stereocenters. The molecule has 0 N–H and O–H groups in total. The van der Waals surface area contributed by atoms with Crippen LogP contribution in [0.1, 0.15) is 79.2 Å². The molecule has 0 aromatic heterocycles. The van der Waals surface area contributed by atoms with Gasteiger partial charge in [-0.2, -0.15) is 0 Å². The Morgan fingerprint density at radius 2 is 1.53 bits per heavy atom. The van der Waals surface area contributed by atoms with Gasteiger partial charge in [0.15, 0.2) is 0 Å². The van der Waals surface area contributed by atoms with E-state index in [1.165, 1.54) is 5.56 Å². The zero-order valence-electron chi connectivity index (χ0n) is 20.8. The Morgan fingerprint density at radius 3 is 2.06 bits per heavy atom. The molecule has 176 valence electrons. The molecular weight excluding hydrogens is 400 g/mol. The van der Waals surface area contributed by atoms with Crippen LogP contribution in [0.3, 0.4) is 0 Å². The van der Waals surface area contributed by atoms with Gasteiger partial charge < -0.3 is 9.47 Å². The molecule has 0 spiro atoms.